The first-order valence-corrected chi connectivity index (χ1v) is 4.81. The summed E-state index contributed by atoms with van der Waals surface area (Å²) in [4.78, 5) is 25.4. The maximum atomic E-state index is 11.2. The second kappa shape index (κ2) is 5.85. The minimum atomic E-state index is -0.598. The molecule has 8 heteroatoms. The number of hydrogen-bond donors (Lipinski definition) is 2. The summed E-state index contributed by atoms with van der Waals surface area (Å²) in [6, 6.07) is 0. The quantitative estimate of drug-likeness (QED) is 0.475. The molecule has 0 aromatic carbocycles. The largest absolute Gasteiger partial charge is 0.464 e. The highest BCUT2D eigenvalue weighted by Crippen LogP contribution is 2.10. The third kappa shape index (κ3) is 3.45. The number of primary amides is 1. The van der Waals surface area contributed by atoms with Crippen molar-refractivity contribution in [1.82, 2.24) is 9.55 Å². The Morgan fingerprint density at radius 1 is 1.53 bits per heavy atom. The van der Waals surface area contributed by atoms with Crippen LogP contribution in [0, 0.1) is 0 Å². The van der Waals surface area contributed by atoms with Gasteiger partial charge >= 0.3 is 5.97 Å². The molecule has 0 aliphatic heterocycles. The van der Waals surface area contributed by atoms with E-state index in [0.717, 1.165) is 0 Å². The number of anilines is 1. The van der Waals surface area contributed by atoms with Crippen LogP contribution in [0.15, 0.2) is 6.33 Å². The van der Waals surface area contributed by atoms with Crippen LogP contribution in [0.2, 0.25) is 0 Å². The van der Waals surface area contributed by atoms with Crippen LogP contribution >= 0.6 is 0 Å². The van der Waals surface area contributed by atoms with Crippen LogP contribution in [0.5, 0.6) is 0 Å². The lowest BCUT2D eigenvalue weighted by Gasteiger charge is -2.05. The van der Waals surface area contributed by atoms with Crippen LogP contribution in [0.4, 0.5) is 5.82 Å². The molecule has 0 saturated heterocycles. The molecule has 94 valence electrons. The van der Waals surface area contributed by atoms with Gasteiger partial charge in [0.15, 0.2) is 5.69 Å². The number of nitrogens with zero attached hydrogens (tertiary/aromatic N) is 2. The molecule has 1 aromatic heterocycles. The van der Waals surface area contributed by atoms with Gasteiger partial charge in [0, 0.05) is 6.54 Å². The van der Waals surface area contributed by atoms with Crippen molar-refractivity contribution >= 4 is 17.7 Å². The molecular formula is C9H14N4O4. The molecule has 1 rings (SSSR count). The van der Waals surface area contributed by atoms with Crippen molar-refractivity contribution in [2.45, 2.75) is 6.54 Å². The van der Waals surface area contributed by atoms with Crippen molar-refractivity contribution in [1.29, 1.82) is 0 Å². The van der Waals surface area contributed by atoms with Gasteiger partial charge in [-0.15, -0.1) is 0 Å². The van der Waals surface area contributed by atoms with E-state index in [1.807, 2.05) is 0 Å². The molecule has 1 amide bonds. The number of methoxy groups -OCH3 is 1. The molecule has 0 atom stereocenters. The monoisotopic (exact) mass is 242 g/mol. The van der Waals surface area contributed by atoms with Gasteiger partial charge in [0.2, 0.25) is 5.91 Å². The van der Waals surface area contributed by atoms with Crippen LogP contribution in [0.3, 0.4) is 0 Å². The number of carbonyl (C=O) groups is 2. The lowest BCUT2D eigenvalue weighted by Crippen LogP contribution is -2.20. The molecule has 0 unspecified atom stereocenters. The van der Waals surface area contributed by atoms with E-state index in [1.165, 1.54) is 18.0 Å². The van der Waals surface area contributed by atoms with E-state index in [1.54, 1.807) is 0 Å². The van der Waals surface area contributed by atoms with E-state index in [2.05, 4.69) is 9.72 Å². The second-order valence-corrected chi connectivity index (χ2v) is 3.18. The molecule has 0 spiro atoms. The number of amides is 1. The minimum Gasteiger partial charge on any atom is -0.464 e. The summed E-state index contributed by atoms with van der Waals surface area (Å²) in [6.07, 6.45) is 1.40. The Hall–Kier alpha value is -2.09. The minimum absolute atomic E-state index is 0.0578. The zero-order chi connectivity index (χ0) is 12.8. The first-order valence-electron chi connectivity index (χ1n) is 4.81. The molecule has 8 nitrogen and oxygen atoms in total. The maximum Gasteiger partial charge on any atom is 0.360 e. The first-order chi connectivity index (χ1) is 8.06. The summed E-state index contributed by atoms with van der Waals surface area (Å²) >= 11 is 0. The molecule has 4 N–H and O–H groups in total. The Morgan fingerprint density at radius 2 is 2.24 bits per heavy atom. The highest BCUT2D eigenvalue weighted by atomic mass is 16.5. The van der Waals surface area contributed by atoms with E-state index in [-0.39, 0.29) is 24.7 Å². The maximum absolute atomic E-state index is 11.2. The fraction of sp³-hybridized carbons (Fsp3) is 0.444. The number of imidazole rings is 1. The number of ether oxygens (including phenoxy) is 2. The SMILES string of the molecule is COC(=O)c1ncn(CCOCC(N)=O)c1N. The van der Waals surface area contributed by atoms with Crippen LogP contribution in [0.1, 0.15) is 10.5 Å². The van der Waals surface area contributed by atoms with Crippen LogP contribution in [-0.4, -0.2) is 41.8 Å². The summed E-state index contributed by atoms with van der Waals surface area (Å²) in [7, 11) is 1.25. The topological polar surface area (TPSA) is 122 Å². The average molecular weight is 242 g/mol. The molecule has 0 saturated carbocycles. The molecule has 0 fully saturated rings. The number of aromatic nitrogens is 2. The summed E-state index contributed by atoms with van der Waals surface area (Å²) in [5, 5.41) is 0. The summed E-state index contributed by atoms with van der Waals surface area (Å²) in [5.74, 6) is -0.947. The lowest BCUT2D eigenvalue weighted by atomic mass is 10.4. The number of hydrogen-bond acceptors (Lipinski definition) is 6. The zero-order valence-corrected chi connectivity index (χ0v) is 9.38. The fourth-order valence-electron chi connectivity index (χ4n) is 1.16. The van der Waals surface area contributed by atoms with E-state index in [4.69, 9.17) is 16.2 Å². The van der Waals surface area contributed by atoms with Crippen molar-refractivity contribution in [3.63, 3.8) is 0 Å². The second-order valence-electron chi connectivity index (χ2n) is 3.18. The van der Waals surface area contributed by atoms with Gasteiger partial charge in [0.1, 0.15) is 12.4 Å². The van der Waals surface area contributed by atoms with Crippen molar-refractivity contribution in [3.05, 3.63) is 12.0 Å². The number of rotatable bonds is 6. The summed E-state index contributed by atoms with van der Waals surface area (Å²) in [5.41, 5.74) is 10.6. The Labute approximate surface area is 97.5 Å². The normalized spacial score (nSPS) is 10.2. The van der Waals surface area contributed by atoms with Gasteiger partial charge in [-0.3, -0.25) is 4.79 Å². The fourth-order valence-corrected chi connectivity index (χ4v) is 1.16. The van der Waals surface area contributed by atoms with Crippen molar-refractivity contribution in [2.75, 3.05) is 26.1 Å². The zero-order valence-electron chi connectivity index (χ0n) is 9.38. The van der Waals surface area contributed by atoms with Crippen LogP contribution in [0.25, 0.3) is 0 Å². The molecule has 0 bridgehead atoms. The number of nitrogen functional groups attached to an aromatic ring is 1. The van der Waals surface area contributed by atoms with Gasteiger partial charge in [-0.25, -0.2) is 9.78 Å². The van der Waals surface area contributed by atoms with Crippen molar-refractivity contribution in [2.24, 2.45) is 5.73 Å². The first kappa shape index (κ1) is 13.0. The van der Waals surface area contributed by atoms with E-state index in [0.29, 0.717) is 6.54 Å². The van der Waals surface area contributed by atoms with E-state index in [9.17, 15) is 9.59 Å². The molecule has 0 aliphatic rings. The third-order valence-corrected chi connectivity index (χ3v) is 1.98. The Kier molecular flexibility index (Phi) is 4.46. The smallest absolute Gasteiger partial charge is 0.360 e. The molecule has 17 heavy (non-hydrogen) atoms. The van der Waals surface area contributed by atoms with Crippen LogP contribution < -0.4 is 11.5 Å². The van der Waals surface area contributed by atoms with Crippen molar-refractivity contribution < 1.29 is 19.1 Å². The van der Waals surface area contributed by atoms with Gasteiger partial charge in [0.05, 0.1) is 20.0 Å². The van der Waals surface area contributed by atoms with Gasteiger partial charge in [-0.05, 0) is 0 Å². The third-order valence-electron chi connectivity index (χ3n) is 1.98. The summed E-state index contributed by atoms with van der Waals surface area (Å²) < 4.78 is 11.0. The Balaban J connectivity index is 2.52. The molecular weight excluding hydrogens is 228 g/mol. The van der Waals surface area contributed by atoms with E-state index >= 15 is 0 Å². The van der Waals surface area contributed by atoms with Gasteiger partial charge < -0.3 is 25.5 Å². The van der Waals surface area contributed by atoms with E-state index < -0.39 is 11.9 Å². The van der Waals surface area contributed by atoms with Gasteiger partial charge in [-0.1, -0.05) is 0 Å². The van der Waals surface area contributed by atoms with Gasteiger partial charge in [-0.2, -0.15) is 0 Å². The lowest BCUT2D eigenvalue weighted by molar-refractivity contribution is -0.122. The standard InChI is InChI=1S/C9H14N4O4/c1-16-9(15)7-8(11)13(5-12-7)2-3-17-4-6(10)14/h5H,2-4,11H2,1H3,(H2,10,14). The molecule has 1 aromatic rings. The number of esters is 1. The Bertz CT molecular complexity index is 415. The van der Waals surface area contributed by atoms with Gasteiger partial charge in [0.25, 0.3) is 0 Å². The molecule has 0 radical (unpaired) electrons. The summed E-state index contributed by atoms with van der Waals surface area (Å²) in [6.45, 7) is 0.450. The number of nitrogens with two attached hydrogens (primary N) is 2. The Morgan fingerprint density at radius 3 is 2.82 bits per heavy atom. The molecule has 0 aliphatic carbocycles. The molecule has 1 heterocycles. The number of carbonyl (C=O) groups excluding carboxylic acids is 2. The van der Waals surface area contributed by atoms with Crippen molar-refractivity contribution in [3.8, 4) is 0 Å². The predicted octanol–water partition coefficient (Wildman–Crippen LogP) is -1.25. The average Bonchev–Trinajstić information content (AvgIpc) is 2.65. The predicted molar refractivity (Wildman–Crippen MR) is 58.0 cm³/mol. The highest BCUT2D eigenvalue weighted by molar-refractivity contribution is 5.92. The highest BCUT2D eigenvalue weighted by Gasteiger charge is 2.15. The van der Waals surface area contributed by atoms with Crippen LogP contribution in [-0.2, 0) is 20.8 Å².